The summed E-state index contributed by atoms with van der Waals surface area (Å²) < 4.78 is 17.1. The lowest BCUT2D eigenvalue weighted by Gasteiger charge is -2.09. The highest BCUT2D eigenvalue weighted by Gasteiger charge is 2.09. The predicted octanol–water partition coefficient (Wildman–Crippen LogP) is 2.77. The van der Waals surface area contributed by atoms with Gasteiger partial charge in [-0.1, -0.05) is 24.3 Å². The monoisotopic (exact) mass is 247 g/mol. The van der Waals surface area contributed by atoms with E-state index in [-0.39, 0.29) is 0 Å². The van der Waals surface area contributed by atoms with Gasteiger partial charge in [-0.15, -0.1) is 0 Å². The van der Waals surface area contributed by atoms with Gasteiger partial charge in [0.1, 0.15) is 22.5 Å². The Morgan fingerprint density at radius 2 is 1.82 bits per heavy atom. The molecule has 1 unspecified atom stereocenters. The highest BCUT2D eigenvalue weighted by molar-refractivity contribution is 7.82. The van der Waals surface area contributed by atoms with E-state index in [1.807, 2.05) is 43.3 Å². The van der Waals surface area contributed by atoms with E-state index in [0.717, 1.165) is 5.56 Å². The molecule has 2 aromatic carbocycles. The van der Waals surface area contributed by atoms with Gasteiger partial charge in [0.25, 0.3) is 0 Å². The minimum atomic E-state index is -1.55. The minimum absolute atomic E-state index is 0.508. The maximum Gasteiger partial charge on any atom is 0.144 e. The van der Waals surface area contributed by atoms with Gasteiger partial charge in [-0.05, 0) is 36.8 Å². The lowest BCUT2D eigenvalue weighted by molar-refractivity contribution is 0.469. The summed E-state index contributed by atoms with van der Waals surface area (Å²) in [5, 5.41) is 5.43. The maximum atomic E-state index is 11.4. The average Bonchev–Trinajstić information content (AvgIpc) is 2.32. The van der Waals surface area contributed by atoms with Crippen molar-refractivity contribution in [1.82, 2.24) is 0 Å². The van der Waals surface area contributed by atoms with Crippen molar-refractivity contribution >= 4 is 11.0 Å². The van der Waals surface area contributed by atoms with E-state index < -0.39 is 11.0 Å². The topological polar surface area (TPSA) is 52.3 Å². The van der Waals surface area contributed by atoms with Gasteiger partial charge in [0.15, 0.2) is 0 Å². The van der Waals surface area contributed by atoms with Crippen LogP contribution in [-0.4, -0.2) is 4.21 Å². The Balaban J connectivity index is 2.36. The first-order valence-electron chi connectivity index (χ1n) is 5.16. The Morgan fingerprint density at radius 3 is 2.47 bits per heavy atom. The Kier molecular flexibility index (Phi) is 3.56. The molecule has 2 N–H and O–H groups in total. The Labute approximate surface area is 103 Å². The molecule has 0 bridgehead atoms. The first-order chi connectivity index (χ1) is 8.16. The Hall–Kier alpha value is -1.65. The second kappa shape index (κ2) is 5.12. The molecule has 0 aliphatic heterocycles. The number of nitrogens with two attached hydrogens (primary N) is 1. The molecule has 17 heavy (non-hydrogen) atoms. The lowest BCUT2D eigenvalue weighted by Crippen LogP contribution is -2.04. The number of rotatable bonds is 3. The summed E-state index contributed by atoms with van der Waals surface area (Å²) in [6, 6.07) is 14.8. The van der Waals surface area contributed by atoms with Gasteiger partial charge < -0.3 is 4.74 Å². The number of aryl methyl sites for hydroxylation is 1. The summed E-state index contributed by atoms with van der Waals surface area (Å²) in [4.78, 5) is 0.508. The molecule has 1 atom stereocenters. The maximum absolute atomic E-state index is 11.4. The van der Waals surface area contributed by atoms with Crippen LogP contribution in [0, 0.1) is 6.92 Å². The van der Waals surface area contributed by atoms with Crippen LogP contribution in [0.3, 0.4) is 0 Å². The first kappa shape index (κ1) is 11.8. The van der Waals surface area contributed by atoms with Crippen molar-refractivity contribution in [1.29, 1.82) is 0 Å². The number of para-hydroxylation sites is 1. The molecule has 0 aliphatic carbocycles. The van der Waals surface area contributed by atoms with E-state index in [9.17, 15) is 4.21 Å². The zero-order chi connectivity index (χ0) is 12.3. The Bertz CT molecular complexity index is 540. The normalized spacial score (nSPS) is 12.1. The summed E-state index contributed by atoms with van der Waals surface area (Å²) in [5.74, 6) is 1.23. The molecule has 0 fully saturated rings. The number of benzene rings is 2. The van der Waals surface area contributed by atoms with Gasteiger partial charge in [-0.2, -0.15) is 0 Å². The number of hydrogen-bond acceptors (Lipinski definition) is 2. The van der Waals surface area contributed by atoms with E-state index in [1.165, 1.54) is 0 Å². The largest absolute Gasteiger partial charge is 0.456 e. The zero-order valence-corrected chi connectivity index (χ0v) is 10.2. The second-order valence-electron chi connectivity index (χ2n) is 3.66. The average molecular weight is 247 g/mol. The number of ether oxygens (including phenoxy) is 1. The van der Waals surface area contributed by atoms with E-state index in [0.29, 0.717) is 16.4 Å². The molecule has 0 heterocycles. The summed E-state index contributed by atoms with van der Waals surface area (Å²) in [5.41, 5.74) is 0.999. The van der Waals surface area contributed by atoms with Crippen LogP contribution in [0.4, 0.5) is 0 Å². The smallest absolute Gasteiger partial charge is 0.144 e. The van der Waals surface area contributed by atoms with E-state index in [4.69, 9.17) is 9.88 Å². The molecule has 88 valence electrons. The zero-order valence-electron chi connectivity index (χ0n) is 9.42. The van der Waals surface area contributed by atoms with Crippen molar-refractivity contribution in [2.75, 3.05) is 0 Å². The fraction of sp³-hybridized carbons (Fsp3) is 0.0769. The van der Waals surface area contributed by atoms with Crippen molar-refractivity contribution in [3.63, 3.8) is 0 Å². The molecule has 3 nitrogen and oxygen atoms in total. The molecule has 4 heteroatoms. The van der Waals surface area contributed by atoms with E-state index in [2.05, 4.69) is 0 Å². The molecule has 2 rings (SSSR count). The highest BCUT2D eigenvalue weighted by atomic mass is 32.2. The van der Waals surface area contributed by atoms with Gasteiger partial charge >= 0.3 is 0 Å². The van der Waals surface area contributed by atoms with Gasteiger partial charge in [0, 0.05) is 0 Å². The van der Waals surface area contributed by atoms with Crippen LogP contribution in [0.5, 0.6) is 11.5 Å². The molecule has 0 spiro atoms. The summed E-state index contributed by atoms with van der Waals surface area (Å²) in [6.07, 6.45) is 0. The molecule has 0 saturated heterocycles. The third kappa shape index (κ3) is 2.93. The van der Waals surface area contributed by atoms with E-state index in [1.54, 1.807) is 12.1 Å². The first-order valence-corrected chi connectivity index (χ1v) is 6.38. The van der Waals surface area contributed by atoms with Gasteiger partial charge in [0.05, 0.1) is 4.90 Å². The predicted molar refractivity (Wildman–Crippen MR) is 68.3 cm³/mol. The minimum Gasteiger partial charge on any atom is -0.456 e. The van der Waals surface area contributed by atoms with Crippen molar-refractivity contribution in [2.45, 2.75) is 11.8 Å². The summed E-state index contributed by atoms with van der Waals surface area (Å²) >= 11 is 0. The highest BCUT2D eigenvalue weighted by Crippen LogP contribution is 2.27. The van der Waals surface area contributed by atoms with Crippen molar-refractivity contribution < 1.29 is 8.95 Å². The summed E-state index contributed by atoms with van der Waals surface area (Å²) in [6.45, 7) is 1.92. The van der Waals surface area contributed by atoms with Crippen molar-refractivity contribution in [3.8, 4) is 11.5 Å². The van der Waals surface area contributed by atoms with Crippen molar-refractivity contribution in [3.05, 3.63) is 54.1 Å². The van der Waals surface area contributed by atoms with Gasteiger partial charge in [-0.25, -0.2) is 9.35 Å². The Morgan fingerprint density at radius 1 is 1.12 bits per heavy atom. The third-order valence-corrected chi connectivity index (χ3v) is 3.04. The quantitative estimate of drug-likeness (QED) is 0.906. The van der Waals surface area contributed by atoms with Gasteiger partial charge in [-0.3, -0.25) is 0 Å². The van der Waals surface area contributed by atoms with E-state index >= 15 is 0 Å². The summed E-state index contributed by atoms with van der Waals surface area (Å²) in [7, 11) is -1.55. The molecule has 0 aliphatic rings. The fourth-order valence-electron chi connectivity index (χ4n) is 1.47. The van der Waals surface area contributed by atoms with Gasteiger partial charge in [0.2, 0.25) is 0 Å². The van der Waals surface area contributed by atoms with Crippen LogP contribution >= 0.6 is 0 Å². The number of hydrogen-bond donors (Lipinski definition) is 1. The molecular formula is C13H13NO2S. The second-order valence-corrected chi connectivity index (χ2v) is 4.70. The molecule has 0 radical (unpaired) electrons. The van der Waals surface area contributed by atoms with Crippen LogP contribution in [0.1, 0.15) is 5.56 Å². The van der Waals surface area contributed by atoms with Crippen LogP contribution in [0.15, 0.2) is 53.4 Å². The molecule has 2 aromatic rings. The third-order valence-electron chi connectivity index (χ3n) is 2.29. The van der Waals surface area contributed by atoms with Crippen molar-refractivity contribution in [2.24, 2.45) is 5.14 Å². The van der Waals surface area contributed by atoms with Crippen LogP contribution in [0.25, 0.3) is 0 Å². The SMILES string of the molecule is Cc1ccc(Oc2ccccc2)c(S(N)=O)c1. The standard InChI is InChI=1S/C13H13NO2S/c1-10-7-8-12(13(9-10)17(14)15)16-11-5-3-2-4-6-11/h2-9H,14H2,1H3. The fourth-order valence-corrected chi connectivity index (χ4v) is 2.08. The molecule has 0 aromatic heterocycles. The lowest BCUT2D eigenvalue weighted by atomic mass is 10.2. The van der Waals surface area contributed by atoms with Crippen LogP contribution in [-0.2, 0) is 11.0 Å². The van der Waals surface area contributed by atoms with Crippen LogP contribution in [0.2, 0.25) is 0 Å². The molecule has 0 saturated carbocycles. The molecule has 0 amide bonds. The van der Waals surface area contributed by atoms with Crippen LogP contribution < -0.4 is 9.88 Å². The molecular weight excluding hydrogens is 234 g/mol.